The monoisotopic (exact) mass is 530 g/mol. The fraction of sp³-hybridized carbons (Fsp3) is 0.840. The Balaban J connectivity index is 3.48. The van der Waals surface area contributed by atoms with Gasteiger partial charge in [-0.25, -0.2) is 0 Å². The maximum atomic E-state index is 12.8. The van der Waals surface area contributed by atoms with Crippen LogP contribution in [0.1, 0.15) is 86.0 Å². The molecule has 0 radical (unpaired) electrons. The summed E-state index contributed by atoms with van der Waals surface area (Å²) >= 11 is -2.55. The maximum absolute atomic E-state index is 12.8. The molecule has 0 bridgehead atoms. The van der Waals surface area contributed by atoms with Gasteiger partial charge in [0.25, 0.3) is 0 Å². The first-order valence-electron chi connectivity index (χ1n) is 12.1. The normalized spacial score (nSPS) is 20.0. The summed E-state index contributed by atoms with van der Waals surface area (Å²) in [7, 11) is 2.76. The average Bonchev–Trinajstić information content (AvgIpc) is 3.13. The number of allylic oxidation sites excluding steroid dienone is 1. The van der Waals surface area contributed by atoms with E-state index in [9.17, 15) is 9.59 Å². The molecule has 1 rings (SSSR count). The Labute approximate surface area is 189 Å². The predicted octanol–water partition coefficient (Wildman–Crippen LogP) is 6.70. The van der Waals surface area contributed by atoms with Crippen molar-refractivity contribution < 1.29 is 19.1 Å². The molecule has 0 amide bonds. The molecule has 1 atom stereocenters. The van der Waals surface area contributed by atoms with Gasteiger partial charge in [-0.15, -0.1) is 0 Å². The van der Waals surface area contributed by atoms with E-state index in [0.717, 1.165) is 0 Å². The Morgan fingerprint density at radius 2 is 1.40 bits per heavy atom. The Morgan fingerprint density at radius 3 is 1.73 bits per heavy atom. The van der Waals surface area contributed by atoms with E-state index in [1.54, 1.807) is 0 Å². The summed E-state index contributed by atoms with van der Waals surface area (Å²) in [5, 5.41) is 0. The molecule has 0 aromatic carbocycles. The molecular formula is C25H46O4Sn. The molecule has 1 unspecified atom stereocenters. The first kappa shape index (κ1) is 27.5. The summed E-state index contributed by atoms with van der Waals surface area (Å²) < 4.78 is 17.1. The Morgan fingerprint density at radius 1 is 0.967 bits per heavy atom. The van der Waals surface area contributed by atoms with E-state index >= 15 is 0 Å². The van der Waals surface area contributed by atoms with Gasteiger partial charge < -0.3 is 0 Å². The third kappa shape index (κ3) is 6.74. The van der Waals surface area contributed by atoms with Crippen molar-refractivity contribution in [1.29, 1.82) is 0 Å². The van der Waals surface area contributed by atoms with Gasteiger partial charge in [-0.1, -0.05) is 0 Å². The Hall–Kier alpha value is -0.521. The van der Waals surface area contributed by atoms with Crippen molar-refractivity contribution in [2.75, 3.05) is 14.2 Å². The zero-order valence-electron chi connectivity index (χ0n) is 20.6. The third-order valence-corrected chi connectivity index (χ3v) is 21.4. The van der Waals surface area contributed by atoms with Crippen molar-refractivity contribution in [3.8, 4) is 0 Å². The van der Waals surface area contributed by atoms with Crippen LogP contribution in [0.2, 0.25) is 13.3 Å². The number of hydrogen-bond donors (Lipinski definition) is 0. The summed E-state index contributed by atoms with van der Waals surface area (Å²) in [5.74, 6) is -0.219. The number of unbranched alkanes of at least 4 members (excludes halogenated alkanes) is 3. The molecule has 0 spiro atoms. The van der Waals surface area contributed by atoms with Crippen LogP contribution in [0.4, 0.5) is 0 Å². The van der Waals surface area contributed by atoms with Crippen molar-refractivity contribution in [2.45, 2.75) is 99.3 Å². The zero-order valence-corrected chi connectivity index (χ0v) is 23.5. The molecule has 0 N–H and O–H groups in total. The van der Waals surface area contributed by atoms with Gasteiger partial charge in [0.1, 0.15) is 0 Å². The molecule has 5 heteroatoms. The van der Waals surface area contributed by atoms with Crippen molar-refractivity contribution in [3.63, 3.8) is 0 Å². The molecule has 1 saturated carbocycles. The van der Waals surface area contributed by atoms with Gasteiger partial charge in [0, 0.05) is 0 Å². The van der Waals surface area contributed by atoms with Crippen LogP contribution in [0.3, 0.4) is 0 Å². The van der Waals surface area contributed by atoms with Gasteiger partial charge in [-0.05, 0) is 0 Å². The summed E-state index contributed by atoms with van der Waals surface area (Å²) in [4.78, 5) is 25.6. The van der Waals surface area contributed by atoms with Crippen molar-refractivity contribution >= 4 is 30.3 Å². The number of rotatable bonds is 13. The van der Waals surface area contributed by atoms with Crippen molar-refractivity contribution in [2.24, 2.45) is 17.3 Å². The zero-order chi connectivity index (χ0) is 22.8. The van der Waals surface area contributed by atoms with E-state index in [1.165, 1.54) is 71.6 Å². The number of esters is 2. The second kappa shape index (κ2) is 13.1. The molecule has 0 aliphatic heterocycles. The minimum absolute atomic E-state index is 0.254. The molecule has 1 aliphatic rings. The van der Waals surface area contributed by atoms with Crippen LogP contribution in [-0.4, -0.2) is 44.5 Å². The molecule has 174 valence electrons. The van der Waals surface area contributed by atoms with Gasteiger partial charge in [-0.3, -0.25) is 0 Å². The van der Waals surface area contributed by atoms with Crippen molar-refractivity contribution in [3.05, 3.63) is 9.67 Å². The standard InChI is InChI=1S/C13H19O4.3C4H9.Sn/c1-8(2)10-7-13(6-9(10)3,11(14)16-4)12(15)17-5;3*1-3-4-2;/h3,8,10H,6-7H2,1-2,4-5H3;3*1,3-4H2,2H3;. The molecule has 30 heavy (non-hydrogen) atoms. The quantitative estimate of drug-likeness (QED) is 0.151. The SMILES string of the molecule is CCC[CH2][Sn](/[CH]=C1\CC(C(=O)OC)(C(=O)OC)CC1C(C)C)([CH2]CCC)[CH2]CCC. The van der Waals surface area contributed by atoms with Crippen LogP contribution < -0.4 is 0 Å². The van der Waals surface area contributed by atoms with E-state index in [0.29, 0.717) is 18.8 Å². The number of methoxy groups -OCH3 is 2. The number of carbonyl (C=O) groups is 2. The summed E-state index contributed by atoms with van der Waals surface area (Å²) in [6.45, 7) is 11.3. The molecule has 4 nitrogen and oxygen atoms in total. The Bertz CT molecular complexity index is 544. The molecule has 0 aromatic rings. The summed E-state index contributed by atoms with van der Waals surface area (Å²) in [5.41, 5.74) is 0.196. The van der Waals surface area contributed by atoms with Crippen molar-refractivity contribution in [1.82, 2.24) is 0 Å². The molecule has 0 aromatic heterocycles. The fourth-order valence-corrected chi connectivity index (χ4v) is 20.8. The van der Waals surface area contributed by atoms with E-state index in [-0.39, 0.29) is 5.92 Å². The molecular weight excluding hydrogens is 483 g/mol. The van der Waals surface area contributed by atoms with Gasteiger partial charge in [0.15, 0.2) is 0 Å². The average molecular weight is 529 g/mol. The second-order valence-corrected chi connectivity index (χ2v) is 22.6. The van der Waals surface area contributed by atoms with Gasteiger partial charge >= 0.3 is 190 Å². The summed E-state index contributed by atoms with van der Waals surface area (Å²) in [6, 6.07) is 0. The number of hydrogen-bond acceptors (Lipinski definition) is 4. The molecule has 0 saturated heterocycles. The fourth-order valence-electron chi connectivity index (χ4n) is 5.24. The number of ether oxygens (including phenoxy) is 2. The van der Waals surface area contributed by atoms with Gasteiger partial charge in [0.2, 0.25) is 0 Å². The van der Waals surface area contributed by atoms with Crippen LogP contribution in [-0.2, 0) is 19.1 Å². The summed E-state index contributed by atoms with van der Waals surface area (Å²) in [6.07, 6.45) is 8.63. The molecule has 0 heterocycles. The van der Waals surface area contributed by atoms with Crippen LogP contribution >= 0.6 is 0 Å². The molecule has 1 fully saturated rings. The van der Waals surface area contributed by atoms with E-state index in [4.69, 9.17) is 9.47 Å². The van der Waals surface area contributed by atoms with Crippen LogP contribution in [0.25, 0.3) is 0 Å². The van der Waals surface area contributed by atoms with Gasteiger partial charge in [-0.2, -0.15) is 0 Å². The third-order valence-electron chi connectivity index (χ3n) is 7.08. The van der Waals surface area contributed by atoms with E-state index in [1.807, 2.05) is 0 Å². The molecule has 1 aliphatic carbocycles. The van der Waals surface area contributed by atoms with Crippen LogP contribution in [0.5, 0.6) is 0 Å². The van der Waals surface area contributed by atoms with Crippen LogP contribution in [0.15, 0.2) is 9.67 Å². The second-order valence-electron chi connectivity index (χ2n) is 9.69. The first-order valence-corrected chi connectivity index (χ1v) is 19.8. The first-order chi connectivity index (χ1) is 14.3. The number of carbonyl (C=O) groups excluding carboxylic acids is 2. The minimum atomic E-state index is -2.55. The Kier molecular flexibility index (Phi) is 12.0. The van der Waals surface area contributed by atoms with E-state index < -0.39 is 35.7 Å². The van der Waals surface area contributed by atoms with Gasteiger partial charge in [0.05, 0.1) is 0 Å². The van der Waals surface area contributed by atoms with E-state index in [2.05, 4.69) is 38.7 Å². The van der Waals surface area contributed by atoms with Crippen LogP contribution in [0, 0.1) is 17.3 Å². The topological polar surface area (TPSA) is 52.6 Å². The predicted molar refractivity (Wildman–Crippen MR) is 127 cm³/mol.